The number of hydrogen-bond acceptors (Lipinski definition) is 3. The van der Waals surface area contributed by atoms with E-state index < -0.39 is 6.04 Å². The fraction of sp³-hybridized carbons (Fsp3) is 0.364. The normalized spacial score (nSPS) is 16.6. The number of aryl methyl sites for hydroxylation is 1. The van der Waals surface area contributed by atoms with Gasteiger partial charge in [0, 0.05) is 25.2 Å². The summed E-state index contributed by atoms with van der Waals surface area (Å²) in [5.41, 5.74) is 4.11. The molecule has 2 aromatic carbocycles. The Kier molecular flexibility index (Phi) is 6.24. The maximum absolute atomic E-state index is 12.8. The third-order valence-corrected chi connectivity index (χ3v) is 4.88. The van der Waals surface area contributed by atoms with Crippen LogP contribution in [0.3, 0.4) is 0 Å². The summed E-state index contributed by atoms with van der Waals surface area (Å²) in [7, 11) is 0. The Hall–Kier alpha value is -2.66. The van der Waals surface area contributed by atoms with Crippen molar-refractivity contribution >= 4 is 17.5 Å². The Morgan fingerprint density at radius 1 is 1.15 bits per heavy atom. The number of benzene rings is 2. The summed E-state index contributed by atoms with van der Waals surface area (Å²) in [4.78, 5) is 26.8. The van der Waals surface area contributed by atoms with Gasteiger partial charge in [0.15, 0.2) is 0 Å². The van der Waals surface area contributed by atoms with E-state index in [0.717, 1.165) is 29.9 Å². The number of hydrogen-bond donors (Lipinski definition) is 2. The van der Waals surface area contributed by atoms with Crippen molar-refractivity contribution in [2.24, 2.45) is 0 Å². The standard InChI is InChI=1S/C22H27N3O2/c1-3-23-14-18-5-4-6-19(13-18)24-22(27)20-11-12-21(26)25(20)15-17-9-7-16(2)8-10-17/h4-10,13,20,23H,3,11-12,14-15H2,1-2H3,(H,24,27). The van der Waals surface area contributed by atoms with Crippen LogP contribution in [0.5, 0.6) is 0 Å². The zero-order valence-electron chi connectivity index (χ0n) is 16.0. The van der Waals surface area contributed by atoms with Crippen molar-refractivity contribution in [1.29, 1.82) is 0 Å². The van der Waals surface area contributed by atoms with Gasteiger partial charge >= 0.3 is 0 Å². The van der Waals surface area contributed by atoms with Gasteiger partial charge in [-0.1, -0.05) is 48.9 Å². The van der Waals surface area contributed by atoms with Crippen LogP contribution in [0.1, 0.15) is 36.5 Å². The van der Waals surface area contributed by atoms with Crippen molar-refractivity contribution in [2.75, 3.05) is 11.9 Å². The molecular formula is C22H27N3O2. The first kappa shape index (κ1) is 19.1. The van der Waals surface area contributed by atoms with Crippen LogP contribution >= 0.6 is 0 Å². The van der Waals surface area contributed by atoms with Crippen LogP contribution in [0.15, 0.2) is 48.5 Å². The Morgan fingerprint density at radius 3 is 2.67 bits per heavy atom. The molecule has 1 fully saturated rings. The SMILES string of the molecule is CCNCc1cccc(NC(=O)C2CCC(=O)N2Cc2ccc(C)cc2)c1. The first-order valence-corrected chi connectivity index (χ1v) is 9.52. The molecule has 1 aliphatic rings. The maximum atomic E-state index is 12.8. The van der Waals surface area contributed by atoms with Gasteiger partial charge in [-0.2, -0.15) is 0 Å². The van der Waals surface area contributed by atoms with Crippen LogP contribution in [0.4, 0.5) is 5.69 Å². The third kappa shape index (κ3) is 4.95. The lowest BCUT2D eigenvalue weighted by atomic mass is 10.1. The van der Waals surface area contributed by atoms with E-state index in [1.54, 1.807) is 4.90 Å². The monoisotopic (exact) mass is 365 g/mol. The predicted molar refractivity (Wildman–Crippen MR) is 107 cm³/mol. The highest BCUT2D eigenvalue weighted by Gasteiger charge is 2.35. The van der Waals surface area contributed by atoms with Gasteiger partial charge in [0.25, 0.3) is 0 Å². The van der Waals surface area contributed by atoms with Gasteiger partial charge in [-0.15, -0.1) is 0 Å². The van der Waals surface area contributed by atoms with E-state index in [-0.39, 0.29) is 11.8 Å². The van der Waals surface area contributed by atoms with E-state index in [1.165, 1.54) is 5.56 Å². The van der Waals surface area contributed by atoms with E-state index in [0.29, 0.717) is 19.4 Å². The van der Waals surface area contributed by atoms with Crippen molar-refractivity contribution in [2.45, 2.75) is 45.8 Å². The fourth-order valence-corrected chi connectivity index (χ4v) is 3.35. The number of rotatable bonds is 7. The quantitative estimate of drug-likeness (QED) is 0.792. The molecule has 1 heterocycles. The topological polar surface area (TPSA) is 61.4 Å². The van der Waals surface area contributed by atoms with Gasteiger partial charge in [0.2, 0.25) is 11.8 Å². The molecule has 5 nitrogen and oxygen atoms in total. The minimum atomic E-state index is -0.420. The summed E-state index contributed by atoms with van der Waals surface area (Å²) in [6.07, 6.45) is 0.984. The molecule has 2 aromatic rings. The molecule has 0 aromatic heterocycles. The highest BCUT2D eigenvalue weighted by atomic mass is 16.2. The van der Waals surface area contributed by atoms with Crippen LogP contribution in [-0.4, -0.2) is 29.3 Å². The largest absolute Gasteiger partial charge is 0.326 e. The summed E-state index contributed by atoms with van der Waals surface area (Å²) in [5.74, 6) is -0.0785. The highest BCUT2D eigenvalue weighted by molar-refractivity contribution is 5.99. The molecule has 0 bridgehead atoms. The number of carbonyl (C=O) groups excluding carboxylic acids is 2. The van der Waals surface area contributed by atoms with E-state index >= 15 is 0 Å². The molecule has 1 saturated heterocycles. The van der Waals surface area contributed by atoms with Crippen LogP contribution < -0.4 is 10.6 Å². The molecule has 27 heavy (non-hydrogen) atoms. The number of nitrogens with zero attached hydrogens (tertiary/aromatic N) is 1. The molecule has 0 spiro atoms. The molecule has 0 aliphatic carbocycles. The van der Waals surface area contributed by atoms with E-state index in [4.69, 9.17) is 0 Å². The molecule has 2 N–H and O–H groups in total. The molecule has 0 saturated carbocycles. The lowest BCUT2D eigenvalue weighted by Gasteiger charge is -2.24. The van der Waals surface area contributed by atoms with Crippen molar-refractivity contribution < 1.29 is 9.59 Å². The zero-order valence-corrected chi connectivity index (χ0v) is 16.0. The van der Waals surface area contributed by atoms with E-state index in [2.05, 4.69) is 17.6 Å². The summed E-state index contributed by atoms with van der Waals surface area (Å²) in [6.45, 7) is 6.23. The van der Waals surface area contributed by atoms with Gasteiger partial charge in [-0.3, -0.25) is 9.59 Å². The predicted octanol–water partition coefficient (Wildman–Crippen LogP) is 3.23. The second-order valence-corrected chi connectivity index (χ2v) is 7.03. The fourth-order valence-electron chi connectivity index (χ4n) is 3.35. The van der Waals surface area contributed by atoms with Crippen LogP contribution in [0, 0.1) is 6.92 Å². The lowest BCUT2D eigenvalue weighted by molar-refractivity contribution is -0.133. The first-order valence-electron chi connectivity index (χ1n) is 9.52. The van der Waals surface area contributed by atoms with Crippen LogP contribution in [0.25, 0.3) is 0 Å². The average Bonchev–Trinajstić information content (AvgIpc) is 3.03. The maximum Gasteiger partial charge on any atom is 0.247 e. The zero-order chi connectivity index (χ0) is 19.2. The highest BCUT2D eigenvalue weighted by Crippen LogP contribution is 2.23. The van der Waals surface area contributed by atoms with Gasteiger partial charge in [0.1, 0.15) is 6.04 Å². The van der Waals surface area contributed by atoms with Crippen molar-refractivity contribution in [3.63, 3.8) is 0 Å². The first-order chi connectivity index (χ1) is 13.1. The summed E-state index contributed by atoms with van der Waals surface area (Å²) in [6, 6.07) is 15.5. The molecule has 1 unspecified atom stereocenters. The number of amides is 2. The van der Waals surface area contributed by atoms with Gasteiger partial charge in [0.05, 0.1) is 0 Å². The molecule has 0 radical (unpaired) electrons. The molecule has 2 amide bonds. The van der Waals surface area contributed by atoms with Gasteiger partial charge in [-0.25, -0.2) is 0 Å². The molecule has 5 heteroatoms. The lowest BCUT2D eigenvalue weighted by Crippen LogP contribution is -2.41. The number of anilines is 1. The van der Waals surface area contributed by atoms with E-state index in [1.807, 2.05) is 55.5 Å². The molecule has 142 valence electrons. The molecule has 3 rings (SSSR count). The summed E-state index contributed by atoms with van der Waals surface area (Å²) in [5, 5.41) is 6.26. The average molecular weight is 365 g/mol. The second-order valence-electron chi connectivity index (χ2n) is 7.03. The molecular weight excluding hydrogens is 338 g/mol. The van der Waals surface area contributed by atoms with Crippen molar-refractivity contribution in [1.82, 2.24) is 10.2 Å². The number of likely N-dealkylation sites (tertiary alicyclic amines) is 1. The molecule has 1 atom stereocenters. The Labute approximate surface area is 160 Å². The Morgan fingerprint density at radius 2 is 1.93 bits per heavy atom. The second kappa shape index (κ2) is 8.82. The van der Waals surface area contributed by atoms with Gasteiger partial charge in [-0.05, 0) is 43.1 Å². The number of nitrogens with one attached hydrogen (secondary N) is 2. The smallest absolute Gasteiger partial charge is 0.247 e. The van der Waals surface area contributed by atoms with E-state index in [9.17, 15) is 9.59 Å². The van der Waals surface area contributed by atoms with Gasteiger partial charge < -0.3 is 15.5 Å². The van der Waals surface area contributed by atoms with Crippen molar-refractivity contribution in [3.8, 4) is 0 Å². The minimum absolute atomic E-state index is 0.0385. The van der Waals surface area contributed by atoms with Crippen LogP contribution in [-0.2, 0) is 22.7 Å². The third-order valence-electron chi connectivity index (χ3n) is 4.88. The van der Waals surface area contributed by atoms with Crippen molar-refractivity contribution in [3.05, 3.63) is 65.2 Å². The van der Waals surface area contributed by atoms with Crippen LogP contribution in [0.2, 0.25) is 0 Å². The summed E-state index contributed by atoms with van der Waals surface area (Å²) < 4.78 is 0. The number of carbonyl (C=O) groups is 2. The Balaban J connectivity index is 1.67. The summed E-state index contributed by atoms with van der Waals surface area (Å²) >= 11 is 0. The minimum Gasteiger partial charge on any atom is -0.326 e. The Bertz CT molecular complexity index is 801. The molecule has 1 aliphatic heterocycles.